The van der Waals surface area contributed by atoms with E-state index >= 15 is 0 Å². The first-order chi connectivity index (χ1) is 8.20. The predicted octanol–water partition coefficient (Wildman–Crippen LogP) is 3.09. The fraction of sp³-hybridized carbons (Fsp3) is 0. The van der Waals surface area contributed by atoms with Crippen LogP contribution in [0.25, 0.3) is 0 Å². The largest absolute Gasteiger partial charge is 0.436 e. The molecule has 5 heteroatoms. The molecule has 2 N–H and O–H groups in total. The number of halogens is 1. The second-order valence-corrected chi connectivity index (χ2v) is 4.11. The van der Waals surface area contributed by atoms with Gasteiger partial charge in [0.05, 0.1) is 10.0 Å². The fourth-order valence-electron chi connectivity index (χ4n) is 1.27. The van der Waals surface area contributed by atoms with Crippen LogP contribution in [0.4, 0.5) is 5.69 Å². The molecule has 4 nitrogen and oxygen atoms in total. The maximum Gasteiger partial charge on any atom is 0.233 e. The number of ether oxygens (including phenoxy) is 1. The number of aromatic nitrogens is 1. The molecule has 0 radical (unpaired) electrons. The third-order valence-electron chi connectivity index (χ3n) is 2.06. The summed E-state index contributed by atoms with van der Waals surface area (Å²) in [6.45, 7) is 0. The van der Waals surface area contributed by atoms with Crippen molar-refractivity contribution < 1.29 is 4.74 Å². The van der Waals surface area contributed by atoms with E-state index in [1.165, 1.54) is 0 Å². The van der Waals surface area contributed by atoms with Crippen molar-refractivity contribution in [3.8, 4) is 17.7 Å². The zero-order valence-corrected chi connectivity index (χ0v) is 10.3. The molecule has 0 fully saturated rings. The number of pyridine rings is 1. The predicted molar refractivity (Wildman–Crippen MR) is 67.6 cm³/mol. The molecule has 17 heavy (non-hydrogen) atoms. The summed E-state index contributed by atoms with van der Waals surface area (Å²) in [4.78, 5) is 4.06. The highest BCUT2D eigenvalue weighted by Gasteiger charge is 2.08. The van der Waals surface area contributed by atoms with Crippen LogP contribution < -0.4 is 10.5 Å². The lowest BCUT2D eigenvalue weighted by atomic mass is 10.2. The first-order valence-electron chi connectivity index (χ1n) is 4.78. The van der Waals surface area contributed by atoms with Crippen LogP contribution in [-0.2, 0) is 0 Å². The van der Waals surface area contributed by atoms with Gasteiger partial charge in [0.25, 0.3) is 0 Å². The van der Waals surface area contributed by atoms with Crippen LogP contribution in [0.3, 0.4) is 0 Å². The molecule has 1 aromatic carbocycles. The van der Waals surface area contributed by atoms with Crippen LogP contribution >= 0.6 is 15.9 Å². The van der Waals surface area contributed by atoms with Gasteiger partial charge in [-0.05, 0) is 46.3 Å². The number of rotatable bonds is 2. The number of nitrogens with two attached hydrogens (primary N) is 1. The quantitative estimate of drug-likeness (QED) is 0.863. The SMILES string of the molecule is N#Cc1cc(N)ccc1Oc1ncccc1Br. The third-order valence-corrected chi connectivity index (χ3v) is 2.66. The molecule has 0 atom stereocenters. The van der Waals surface area contributed by atoms with Crippen molar-refractivity contribution in [2.75, 3.05) is 5.73 Å². The summed E-state index contributed by atoms with van der Waals surface area (Å²) >= 11 is 3.32. The minimum atomic E-state index is 0.377. The van der Waals surface area contributed by atoms with Crippen molar-refractivity contribution >= 4 is 21.6 Å². The minimum Gasteiger partial charge on any atom is -0.436 e. The van der Waals surface area contributed by atoms with Gasteiger partial charge in [-0.2, -0.15) is 5.26 Å². The molecule has 0 aliphatic heterocycles. The Hall–Kier alpha value is -2.06. The second-order valence-electron chi connectivity index (χ2n) is 3.26. The molecule has 1 aromatic heterocycles. The summed E-state index contributed by atoms with van der Waals surface area (Å²) in [6, 6.07) is 10.5. The van der Waals surface area contributed by atoms with Gasteiger partial charge < -0.3 is 10.5 Å². The molecule has 0 amide bonds. The zero-order chi connectivity index (χ0) is 12.3. The molecule has 0 aliphatic carbocycles. The summed E-state index contributed by atoms with van der Waals surface area (Å²) in [6.07, 6.45) is 1.61. The standard InChI is InChI=1S/C12H8BrN3O/c13-10-2-1-5-16-12(10)17-11-4-3-9(15)6-8(11)7-14/h1-6H,15H2. The lowest BCUT2D eigenvalue weighted by Crippen LogP contribution is -1.93. The normalized spacial score (nSPS) is 9.65. The van der Waals surface area contributed by atoms with Gasteiger partial charge in [-0.15, -0.1) is 0 Å². The average molecular weight is 290 g/mol. The molecule has 0 saturated carbocycles. The molecule has 1 heterocycles. The Morgan fingerprint density at radius 3 is 2.88 bits per heavy atom. The Bertz CT molecular complexity index is 593. The maximum atomic E-state index is 8.97. The van der Waals surface area contributed by atoms with E-state index in [1.807, 2.05) is 12.1 Å². The van der Waals surface area contributed by atoms with Gasteiger partial charge in [-0.25, -0.2) is 4.98 Å². The van der Waals surface area contributed by atoms with Crippen LogP contribution in [0.2, 0.25) is 0 Å². The van der Waals surface area contributed by atoms with Gasteiger partial charge >= 0.3 is 0 Å². The first kappa shape index (κ1) is 11.4. The number of hydrogen-bond donors (Lipinski definition) is 1. The molecular formula is C12H8BrN3O. The minimum absolute atomic E-state index is 0.377. The van der Waals surface area contributed by atoms with E-state index in [9.17, 15) is 0 Å². The van der Waals surface area contributed by atoms with E-state index in [2.05, 4.69) is 20.9 Å². The number of hydrogen-bond acceptors (Lipinski definition) is 4. The summed E-state index contributed by atoms with van der Waals surface area (Å²) in [5, 5.41) is 8.97. The molecule has 0 bridgehead atoms. The topological polar surface area (TPSA) is 71.9 Å². The van der Waals surface area contributed by atoms with Crippen molar-refractivity contribution in [3.63, 3.8) is 0 Å². The van der Waals surface area contributed by atoms with Crippen molar-refractivity contribution in [2.24, 2.45) is 0 Å². The summed E-state index contributed by atoms with van der Waals surface area (Å²) in [5.74, 6) is 0.842. The van der Waals surface area contributed by atoms with Gasteiger partial charge in [-0.3, -0.25) is 0 Å². The molecule has 0 aliphatic rings. The summed E-state index contributed by atoms with van der Waals surface area (Å²) < 4.78 is 6.27. The van der Waals surface area contributed by atoms with Crippen LogP contribution in [0.15, 0.2) is 41.0 Å². The Kier molecular flexibility index (Phi) is 3.26. The van der Waals surface area contributed by atoms with E-state index in [0.717, 1.165) is 4.47 Å². The molecular weight excluding hydrogens is 282 g/mol. The Balaban J connectivity index is 2.37. The van der Waals surface area contributed by atoms with E-state index < -0.39 is 0 Å². The van der Waals surface area contributed by atoms with Crippen LogP contribution in [0.5, 0.6) is 11.6 Å². The molecule has 0 spiro atoms. The summed E-state index contributed by atoms with van der Waals surface area (Å²) in [5.41, 5.74) is 6.49. The van der Waals surface area contributed by atoms with Crippen molar-refractivity contribution in [3.05, 3.63) is 46.6 Å². The monoisotopic (exact) mass is 289 g/mol. The number of nitrogens with zero attached hydrogens (tertiary/aromatic N) is 2. The number of benzene rings is 1. The highest BCUT2D eigenvalue weighted by molar-refractivity contribution is 9.10. The van der Waals surface area contributed by atoms with Crippen molar-refractivity contribution in [1.82, 2.24) is 4.98 Å². The highest BCUT2D eigenvalue weighted by atomic mass is 79.9. The first-order valence-corrected chi connectivity index (χ1v) is 5.58. The maximum absolute atomic E-state index is 8.97. The van der Waals surface area contributed by atoms with Gasteiger partial charge in [0.1, 0.15) is 11.8 Å². The fourth-order valence-corrected chi connectivity index (χ4v) is 1.61. The number of nitriles is 1. The molecule has 0 saturated heterocycles. The van der Waals surface area contributed by atoms with Gasteiger partial charge in [0, 0.05) is 11.9 Å². The van der Waals surface area contributed by atoms with E-state index in [0.29, 0.717) is 22.9 Å². The average Bonchev–Trinajstić information content (AvgIpc) is 2.34. The molecule has 2 aromatic rings. The van der Waals surface area contributed by atoms with Gasteiger partial charge in [0.15, 0.2) is 0 Å². The Morgan fingerprint density at radius 1 is 1.35 bits per heavy atom. The highest BCUT2D eigenvalue weighted by Crippen LogP contribution is 2.29. The lowest BCUT2D eigenvalue weighted by Gasteiger charge is -2.07. The van der Waals surface area contributed by atoms with Gasteiger partial charge in [0.2, 0.25) is 5.88 Å². The Labute approximate surface area is 107 Å². The molecule has 84 valence electrons. The van der Waals surface area contributed by atoms with E-state index in [-0.39, 0.29) is 0 Å². The Morgan fingerprint density at radius 2 is 2.18 bits per heavy atom. The van der Waals surface area contributed by atoms with Crippen molar-refractivity contribution in [2.45, 2.75) is 0 Å². The number of nitrogen functional groups attached to an aromatic ring is 1. The summed E-state index contributed by atoms with van der Waals surface area (Å²) in [7, 11) is 0. The van der Waals surface area contributed by atoms with Crippen LogP contribution in [0.1, 0.15) is 5.56 Å². The lowest BCUT2D eigenvalue weighted by molar-refractivity contribution is 0.458. The molecule has 2 rings (SSSR count). The molecule has 0 unspecified atom stereocenters. The second kappa shape index (κ2) is 4.85. The van der Waals surface area contributed by atoms with Crippen LogP contribution in [-0.4, -0.2) is 4.98 Å². The third kappa shape index (κ3) is 2.55. The van der Waals surface area contributed by atoms with Gasteiger partial charge in [-0.1, -0.05) is 0 Å². The number of anilines is 1. The van der Waals surface area contributed by atoms with Crippen molar-refractivity contribution in [1.29, 1.82) is 5.26 Å². The van der Waals surface area contributed by atoms with E-state index in [1.54, 1.807) is 30.5 Å². The van der Waals surface area contributed by atoms with Crippen LogP contribution in [0, 0.1) is 11.3 Å². The zero-order valence-electron chi connectivity index (χ0n) is 8.72. The van der Waals surface area contributed by atoms with E-state index in [4.69, 9.17) is 15.7 Å². The smallest absolute Gasteiger partial charge is 0.233 e.